The van der Waals surface area contributed by atoms with Crippen LogP contribution in [0.1, 0.15) is 16.7 Å². The minimum Gasteiger partial charge on any atom is -0.368 e. The maximum atomic E-state index is 12.5. The fourth-order valence-corrected chi connectivity index (χ4v) is 2.82. The number of hydrogen-bond donors (Lipinski definition) is 1. The molecule has 0 saturated carbocycles. The van der Waals surface area contributed by atoms with Crippen LogP contribution in [-0.2, 0) is 11.3 Å². The van der Waals surface area contributed by atoms with Crippen LogP contribution in [0.25, 0.3) is 16.6 Å². The monoisotopic (exact) mass is 284 g/mol. The first-order chi connectivity index (χ1) is 9.88. The minimum absolute atomic E-state index is 0.216. The summed E-state index contributed by atoms with van der Waals surface area (Å²) in [6.45, 7) is 5.66. The molecule has 0 spiro atoms. The van der Waals surface area contributed by atoms with Crippen LogP contribution in [0.3, 0.4) is 0 Å². The normalized spacial score (nSPS) is 11.4. The Bertz CT molecular complexity index is 950. The van der Waals surface area contributed by atoms with Gasteiger partial charge in [-0.25, -0.2) is 13.9 Å². The smallest absolute Gasteiger partial charge is 0.351 e. The Balaban J connectivity index is 2.51. The van der Waals surface area contributed by atoms with Crippen LogP contribution < -0.4 is 11.4 Å². The van der Waals surface area contributed by atoms with Crippen molar-refractivity contribution >= 4 is 22.5 Å². The SMILES string of the molecule is Cc1cc(C)c2c(c1)cc(C)c1nn(CC(N)=O)c(=O)n12. The number of rotatable bonds is 2. The van der Waals surface area contributed by atoms with E-state index in [1.54, 1.807) is 4.40 Å². The summed E-state index contributed by atoms with van der Waals surface area (Å²) >= 11 is 0. The summed E-state index contributed by atoms with van der Waals surface area (Å²) in [5.41, 5.74) is 9.22. The van der Waals surface area contributed by atoms with E-state index < -0.39 is 5.91 Å². The number of pyridine rings is 1. The van der Waals surface area contributed by atoms with Crippen LogP contribution in [-0.4, -0.2) is 20.1 Å². The van der Waals surface area contributed by atoms with Crippen molar-refractivity contribution in [3.63, 3.8) is 0 Å². The van der Waals surface area contributed by atoms with Crippen LogP contribution in [0, 0.1) is 20.8 Å². The molecule has 0 aliphatic rings. The Hall–Kier alpha value is -2.63. The number of nitrogens with zero attached hydrogens (tertiary/aromatic N) is 3. The molecule has 3 rings (SSSR count). The molecule has 1 amide bonds. The second-order valence-electron chi connectivity index (χ2n) is 5.41. The highest BCUT2D eigenvalue weighted by molar-refractivity contribution is 5.86. The number of aryl methyl sites for hydroxylation is 3. The van der Waals surface area contributed by atoms with E-state index in [1.807, 2.05) is 39.0 Å². The average molecular weight is 284 g/mol. The Kier molecular flexibility index (Phi) is 2.83. The molecule has 108 valence electrons. The van der Waals surface area contributed by atoms with Gasteiger partial charge in [0.25, 0.3) is 0 Å². The Morgan fingerprint density at radius 2 is 1.90 bits per heavy atom. The summed E-state index contributed by atoms with van der Waals surface area (Å²) in [6.07, 6.45) is 0. The summed E-state index contributed by atoms with van der Waals surface area (Å²) in [4.78, 5) is 23.6. The lowest BCUT2D eigenvalue weighted by molar-refractivity contribution is -0.118. The van der Waals surface area contributed by atoms with E-state index in [0.717, 1.165) is 32.3 Å². The second kappa shape index (κ2) is 4.44. The molecule has 0 unspecified atom stereocenters. The fourth-order valence-electron chi connectivity index (χ4n) is 2.82. The number of hydrogen-bond acceptors (Lipinski definition) is 3. The molecule has 2 aromatic heterocycles. The van der Waals surface area contributed by atoms with Gasteiger partial charge in [0, 0.05) is 0 Å². The van der Waals surface area contributed by atoms with E-state index in [2.05, 4.69) is 5.10 Å². The maximum absolute atomic E-state index is 12.5. The third-order valence-electron chi connectivity index (χ3n) is 3.57. The van der Waals surface area contributed by atoms with Crippen molar-refractivity contribution < 1.29 is 4.79 Å². The molecule has 0 bridgehead atoms. The molecular weight excluding hydrogens is 268 g/mol. The van der Waals surface area contributed by atoms with Crippen molar-refractivity contribution in [1.29, 1.82) is 0 Å². The summed E-state index contributed by atoms with van der Waals surface area (Å²) in [5.74, 6) is -0.588. The Labute approximate surface area is 120 Å². The van der Waals surface area contributed by atoms with Gasteiger partial charge in [-0.05, 0) is 49.4 Å². The van der Waals surface area contributed by atoms with Gasteiger partial charge in [-0.3, -0.25) is 4.79 Å². The van der Waals surface area contributed by atoms with Crippen LogP contribution >= 0.6 is 0 Å². The number of fused-ring (bicyclic) bond motifs is 3. The highest BCUT2D eigenvalue weighted by Gasteiger charge is 2.15. The molecule has 0 aliphatic carbocycles. The van der Waals surface area contributed by atoms with Gasteiger partial charge in [0.2, 0.25) is 5.91 Å². The molecule has 0 radical (unpaired) electrons. The van der Waals surface area contributed by atoms with Gasteiger partial charge in [0.05, 0.1) is 5.52 Å². The highest BCUT2D eigenvalue weighted by atomic mass is 16.2. The molecule has 2 heterocycles. The quantitative estimate of drug-likeness (QED) is 0.764. The summed E-state index contributed by atoms with van der Waals surface area (Å²) in [6, 6.07) is 6.06. The number of aromatic nitrogens is 3. The number of benzene rings is 1. The van der Waals surface area contributed by atoms with E-state index in [-0.39, 0.29) is 12.2 Å². The molecule has 2 N–H and O–H groups in total. The first-order valence-corrected chi connectivity index (χ1v) is 6.67. The van der Waals surface area contributed by atoms with Crippen molar-refractivity contribution in [2.45, 2.75) is 27.3 Å². The molecule has 0 saturated heterocycles. The molecule has 6 heteroatoms. The molecule has 0 atom stereocenters. The number of carbonyl (C=O) groups is 1. The number of nitrogens with two attached hydrogens (primary N) is 1. The summed E-state index contributed by atoms with van der Waals surface area (Å²) in [5, 5.41) is 5.22. The summed E-state index contributed by atoms with van der Waals surface area (Å²) < 4.78 is 2.67. The molecular formula is C15H16N4O2. The number of carbonyl (C=O) groups excluding carboxylic acids is 1. The predicted octanol–water partition coefficient (Wildman–Crippen LogP) is 1.06. The zero-order valence-corrected chi connectivity index (χ0v) is 12.2. The van der Waals surface area contributed by atoms with Gasteiger partial charge in [-0.15, -0.1) is 5.10 Å². The van der Waals surface area contributed by atoms with Crippen molar-refractivity contribution in [3.05, 3.63) is 45.4 Å². The zero-order valence-electron chi connectivity index (χ0n) is 12.2. The van der Waals surface area contributed by atoms with Crippen LogP contribution in [0.15, 0.2) is 23.0 Å². The molecule has 3 aromatic rings. The van der Waals surface area contributed by atoms with Crippen molar-refractivity contribution in [2.24, 2.45) is 5.73 Å². The highest BCUT2D eigenvalue weighted by Crippen LogP contribution is 2.23. The van der Waals surface area contributed by atoms with Gasteiger partial charge in [0.1, 0.15) is 6.54 Å². The van der Waals surface area contributed by atoms with E-state index in [0.29, 0.717) is 5.65 Å². The van der Waals surface area contributed by atoms with E-state index >= 15 is 0 Å². The number of amides is 1. The van der Waals surface area contributed by atoms with Gasteiger partial charge in [-0.1, -0.05) is 11.6 Å². The molecule has 0 fully saturated rings. The molecule has 6 nitrogen and oxygen atoms in total. The largest absolute Gasteiger partial charge is 0.368 e. The van der Waals surface area contributed by atoms with E-state index in [4.69, 9.17) is 5.73 Å². The fraction of sp³-hybridized carbons (Fsp3) is 0.267. The third kappa shape index (κ3) is 1.99. The van der Waals surface area contributed by atoms with Crippen LogP contribution in [0.4, 0.5) is 0 Å². The maximum Gasteiger partial charge on any atom is 0.351 e. The van der Waals surface area contributed by atoms with Crippen molar-refractivity contribution in [3.8, 4) is 0 Å². The topological polar surface area (TPSA) is 82.4 Å². The van der Waals surface area contributed by atoms with E-state index in [9.17, 15) is 9.59 Å². The first-order valence-electron chi connectivity index (χ1n) is 6.67. The zero-order chi connectivity index (χ0) is 15.3. The van der Waals surface area contributed by atoms with Gasteiger partial charge in [0.15, 0.2) is 5.65 Å². The van der Waals surface area contributed by atoms with Crippen LogP contribution in [0.5, 0.6) is 0 Å². The Morgan fingerprint density at radius 1 is 1.19 bits per heavy atom. The van der Waals surface area contributed by atoms with E-state index in [1.165, 1.54) is 0 Å². The lowest BCUT2D eigenvalue weighted by atomic mass is 10.1. The summed E-state index contributed by atoms with van der Waals surface area (Å²) in [7, 11) is 0. The lowest BCUT2D eigenvalue weighted by Crippen LogP contribution is -2.28. The van der Waals surface area contributed by atoms with Crippen LogP contribution in [0.2, 0.25) is 0 Å². The Morgan fingerprint density at radius 3 is 2.57 bits per heavy atom. The average Bonchev–Trinajstić information content (AvgIpc) is 2.67. The minimum atomic E-state index is -0.588. The second-order valence-corrected chi connectivity index (χ2v) is 5.41. The van der Waals surface area contributed by atoms with Crippen molar-refractivity contribution in [2.75, 3.05) is 0 Å². The van der Waals surface area contributed by atoms with Gasteiger partial charge in [-0.2, -0.15) is 0 Å². The molecule has 0 aliphatic heterocycles. The van der Waals surface area contributed by atoms with Crippen molar-refractivity contribution in [1.82, 2.24) is 14.2 Å². The molecule has 21 heavy (non-hydrogen) atoms. The number of primary amides is 1. The predicted molar refractivity (Wildman–Crippen MR) is 80.4 cm³/mol. The lowest BCUT2D eigenvalue weighted by Gasteiger charge is -2.07. The third-order valence-corrected chi connectivity index (χ3v) is 3.57. The molecule has 1 aromatic carbocycles. The van der Waals surface area contributed by atoms with Gasteiger partial charge < -0.3 is 5.73 Å². The van der Waals surface area contributed by atoms with Gasteiger partial charge >= 0.3 is 5.69 Å². The standard InChI is InChI=1S/C15H16N4O2/c1-8-4-9(2)13-11(5-8)6-10(3)14-17-18(7-12(16)20)15(21)19(13)14/h4-6H,7H2,1-3H3,(H2,16,20). The first kappa shape index (κ1) is 13.4.